The molecule has 0 unspecified atom stereocenters. The molecule has 162 valence electrons. The van der Waals surface area contributed by atoms with Crippen LogP contribution in [0.4, 0.5) is 0 Å². The molecule has 3 atom stereocenters. The standard InChI is InChI=1S/C29H22O4/c30-23-17-9-7-15-21(23)27(31)25(19-11-3-1-4-12-19)26-28(32)22-16-8-10-18-24(22)33-29(26)20-13-5-2-6-14-20/h1-18,25-26,29-30H/t25-,26-,29+/m1/s1. The Kier molecular flexibility index (Phi) is 5.49. The maximum Gasteiger partial charge on any atom is 0.174 e. The first-order valence-corrected chi connectivity index (χ1v) is 10.9. The van der Waals surface area contributed by atoms with Crippen molar-refractivity contribution in [1.29, 1.82) is 0 Å². The summed E-state index contributed by atoms with van der Waals surface area (Å²) in [5, 5.41) is 10.4. The lowest BCUT2D eigenvalue weighted by Crippen LogP contribution is -2.39. The van der Waals surface area contributed by atoms with Gasteiger partial charge in [-0.05, 0) is 35.4 Å². The van der Waals surface area contributed by atoms with Crippen molar-refractivity contribution < 1.29 is 19.4 Å². The molecule has 0 amide bonds. The third-order valence-corrected chi connectivity index (χ3v) is 6.13. The van der Waals surface area contributed by atoms with Crippen LogP contribution in [0.1, 0.15) is 43.9 Å². The highest BCUT2D eigenvalue weighted by Crippen LogP contribution is 2.46. The summed E-state index contributed by atoms with van der Waals surface area (Å²) in [4.78, 5) is 27.9. The number of phenols is 1. The molecule has 0 saturated carbocycles. The van der Waals surface area contributed by atoms with Gasteiger partial charge in [0.2, 0.25) is 0 Å². The lowest BCUT2D eigenvalue weighted by Gasteiger charge is -2.37. The Balaban J connectivity index is 1.71. The van der Waals surface area contributed by atoms with Gasteiger partial charge in [-0.1, -0.05) is 84.9 Å². The summed E-state index contributed by atoms with van der Waals surface area (Å²) >= 11 is 0. The lowest BCUT2D eigenvalue weighted by atomic mass is 9.71. The Morgan fingerprint density at radius 1 is 0.758 bits per heavy atom. The van der Waals surface area contributed by atoms with Crippen LogP contribution in [-0.4, -0.2) is 16.7 Å². The second-order valence-corrected chi connectivity index (χ2v) is 8.11. The van der Waals surface area contributed by atoms with E-state index in [0.29, 0.717) is 16.9 Å². The van der Waals surface area contributed by atoms with Crippen LogP contribution < -0.4 is 4.74 Å². The second-order valence-electron chi connectivity index (χ2n) is 8.11. The topological polar surface area (TPSA) is 63.6 Å². The first kappa shape index (κ1) is 20.7. The van der Waals surface area contributed by atoms with Gasteiger partial charge in [-0.3, -0.25) is 9.59 Å². The number of fused-ring (bicyclic) bond motifs is 1. The van der Waals surface area contributed by atoms with E-state index in [0.717, 1.165) is 5.56 Å². The van der Waals surface area contributed by atoms with Crippen LogP contribution >= 0.6 is 0 Å². The van der Waals surface area contributed by atoms with Crippen LogP contribution in [0.3, 0.4) is 0 Å². The molecule has 0 saturated heterocycles. The molecule has 4 heteroatoms. The Labute approximate surface area is 192 Å². The number of ketones is 2. The minimum Gasteiger partial charge on any atom is -0.507 e. The minimum absolute atomic E-state index is 0.107. The molecule has 5 rings (SSSR count). The number of para-hydroxylation sites is 2. The largest absolute Gasteiger partial charge is 0.507 e. The van der Waals surface area contributed by atoms with E-state index in [1.165, 1.54) is 6.07 Å². The predicted molar refractivity (Wildman–Crippen MR) is 126 cm³/mol. The van der Waals surface area contributed by atoms with Crippen LogP contribution in [-0.2, 0) is 0 Å². The summed E-state index contributed by atoms with van der Waals surface area (Å²) in [7, 11) is 0. The van der Waals surface area contributed by atoms with Crippen LogP contribution in [0.25, 0.3) is 0 Å². The zero-order valence-electron chi connectivity index (χ0n) is 17.8. The molecular weight excluding hydrogens is 412 g/mol. The summed E-state index contributed by atoms with van der Waals surface area (Å²) in [5.41, 5.74) is 2.16. The summed E-state index contributed by atoms with van der Waals surface area (Å²) < 4.78 is 6.38. The molecule has 0 fully saturated rings. The van der Waals surface area contributed by atoms with E-state index in [-0.39, 0.29) is 22.9 Å². The molecule has 0 aromatic heterocycles. The van der Waals surface area contributed by atoms with Gasteiger partial charge in [0.05, 0.1) is 23.0 Å². The van der Waals surface area contributed by atoms with E-state index in [1.807, 2.05) is 66.7 Å². The Bertz CT molecular complexity index is 1300. The van der Waals surface area contributed by atoms with Gasteiger partial charge < -0.3 is 9.84 Å². The van der Waals surface area contributed by atoms with Gasteiger partial charge in [0.15, 0.2) is 11.6 Å². The van der Waals surface area contributed by atoms with Gasteiger partial charge in [0.1, 0.15) is 17.6 Å². The fourth-order valence-electron chi connectivity index (χ4n) is 4.58. The average molecular weight is 434 g/mol. The normalized spacial score (nSPS) is 18.1. The molecule has 4 aromatic rings. The van der Waals surface area contributed by atoms with Gasteiger partial charge in [-0.25, -0.2) is 0 Å². The number of hydrogen-bond donors (Lipinski definition) is 1. The number of aromatic hydroxyl groups is 1. The van der Waals surface area contributed by atoms with Crippen LogP contribution in [0.5, 0.6) is 11.5 Å². The van der Waals surface area contributed by atoms with Gasteiger partial charge in [0, 0.05) is 0 Å². The first-order valence-electron chi connectivity index (χ1n) is 10.9. The van der Waals surface area contributed by atoms with E-state index in [2.05, 4.69) is 0 Å². The van der Waals surface area contributed by atoms with Crippen molar-refractivity contribution in [3.8, 4) is 11.5 Å². The molecule has 0 bridgehead atoms. The van der Waals surface area contributed by atoms with Crippen molar-refractivity contribution in [2.75, 3.05) is 0 Å². The molecule has 1 heterocycles. The van der Waals surface area contributed by atoms with E-state index in [1.54, 1.807) is 36.4 Å². The molecule has 4 nitrogen and oxygen atoms in total. The van der Waals surface area contributed by atoms with Crippen molar-refractivity contribution in [2.24, 2.45) is 5.92 Å². The highest BCUT2D eigenvalue weighted by atomic mass is 16.5. The Hall–Kier alpha value is -4.18. The molecule has 1 aliphatic heterocycles. The van der Waals surface area contributed by atoms with Crippen LogP contribution in [0, 0.1) is 5.92 Å². The second kappa shape index (κ2) is 8.75. The average Bonchev–Trinajstić information content (AvgIpc) is 2.87. The van der Waals surface area contributed by atoms with Crippen molar-refractivity contribution >= 4 is 11.6 Å². The maximum absolute atomic E-state index is 13.9. The molecule has 33 heavy (non-hydrogen) atoms. The van der Waals surface area contributed by atoms with Crippen LogP contribution in [0.15, 0.2) is 109 Å². The van der Waals surface area contributed by atoms with Crippen molar-refractivity contribution in [2.45, 2.75) is 12.0 Å². The predicted octanol–water partition coefficient (Wildman–Crippen LogP) is 5.99. The molecular formula is C29H22O4. The summed E-state index contributed by atoms with van der Waals surface area (Å²) in [6, 6.07) is 32.3. The van der Waals surface area contributed by atoms with Gasteiger partial charge in [-0.2, -0.15) is 0 Å². The summed E-state index contributed by atoms with van der Waals surface area (Å²) in [6.07, 6.45) is -0.659. The Morgan fingerprint density at radius 3 is 2.09 bits per heavy atom. The van der Waals surface area contributed by atoms with Gasteiger partial charge in [0.25, 0.3) is 0 Å². The number of rotatable bonds is 5. The molecule has 4 aromatic carbocycles. The van der Waals surface area contributed by atoms with Gasteiger partial charge >= 0.3 is 0 Å². The number of Topliss-reactive ketones (excluding diaryl/α,β-unsaturated/α-hetero) is 2. The fraction of sp³-hybridized carbons (Fsp3) is 0.103. The summed E-state index contributed by atoms with van der Waals surface area (Å²) in [5.74, 6) is -1.72. The number of phenolic OH excluding ortho intramolecular Hbond substituents is 1. The zero-order chi connectivity index (χ0) is 22.8. The smallest absolute Gasteiger partial charge is 0.174 e. The fourth-order valence-corrected chi connectivity index (χ4v) is 4.58. The molecule has 0 aliphatic carbocycles. The third-order valence-electron chi connectivity index (χ3n) is 6.13. The number of ether oxygens (including phenoxy) is 1. The number of carbonyl (C=O) groups excluding carboxylic acids is 2. The third kappa shape index (κ3) is 3.80. The Morgan fingerprint density at radius 2 is 1.36 bits per heavy atom. The highest BCUT2D eigenvalue weighted by Gasteiger charge is 2.46. The molecule has 0 spiro atoms. The quantitative estimate of drug-likeness (QED) is 0.392. The molecule has 0 radical (unpaired) electrons. The highest BCUT2D eigenvalue weighted by molar-refractivity contribution is 6.10. The van der Waals surface area contributed by atoms with Crippen LogP contribution in [0.2, 0.25) is 0 Å². The zero-order valence-corrected chi connectivity index (χ0v) is 17.8. The van der Waals surface area contributed by atoms with E-state index in [9.17, 15) is 14.7 Å². The number of carbonyl (C=O) groups is 2. The summed E-state index contributed by atoms with van der Waals surface area (Å²) in [6.45, 7) is 0. The minimum atomic E-state index is -0.842. The van der Waals surface area contributed by atoms with Gasteiger partial charge in [-0.15, -0.1) is 0 Å². The van der Waals surface area contributed by atoms with Crippen molar-refractivity contribution in [3.05, 3.63) is 131 Å². The van der Waals surface area contributed by atoms with Crippen molar-refractivity contribution in [3.63, 3.8) is 0 Å². The van der Waals surface area contributed by atoms with E-state index < -0.39 is 17.9 Å². The van der Waals surface area contributed by atoms with E-state index in [4.69, 9.17) is 4.74 Å². The lowest BCUT2D eigenvalue weighted by molar-refractivity contribution is 0.0548. The SMILES string of the molecule is O=C1c2ccccc2O[C@@H](c2ccccc2)[C@@H]1[C@H](C(=O)c1ccccc1O)c1ccccc1. The first-order chi connectivity index (χ1) is 16.1. The monoisotopic (exact) mass is 434 g/mol. The molecule has 1 N–H and O–H groups in total. The number of hydrogen-bond acceptors (Lipinski definition) is 4. The van der Waals surface area contributed by atoms with E-state index >= 15 is 0 Å². The van der Waals surface area contributed by atoms with Crippen molar-refractivity contribution in [1.82, 2.24) is 0 Å². The number of benzene rings is 4. The molecule has 1 aliphatic rings. The maximum atomic E-state index is 13.9.